The maximum absolute atomic E-state index is 13.0. The van der Waals surface area contributed by atoms with Gasteiger partial charge in [0.05, 0.1) is 0 Å². The van der Waals surface area contributed by atoms with Gasteiger partial charge in [0.25, 0.3) is 11.5 Å². The molecular formula is C25H27N7O2. The van der Waals surface area contributed by atoms with Crippen LogP contribution < -0.4 is 16.2 Å². The molecule has 1 amide bonds. The molecular weight excluding hydrogens is 430 g/mol. The van der Waals surface area contributed by atoms with Crippen LogP contribution in [-0.4, -0.2) is 52.0 Å². The number of nitrogens with zero attached hydrogens (tertiary/aromatic N) is 5. The fourth-order valence-corrected chi connectivity index (χ4v) is 5.06. The van der Waals surface area contributed by atoms with E-state index in [0.717, 1.165) is 44.2 Å². The van der Waals surface area contributed by atoms with E-state index in [1.807, 2.05) is 38.4 Å². The lowest BCUT2D eigenvalue weighted by Crippen LogP contribution is -2.46. The number of nitrogens with one attached hydrogen (secondary N) is 2. The standard InChI is InChI=1S/C25H27N7O2/c1-31(2)14-19-10-15-7-8-18(11-21(15)23(33)28-19)29-25-27-13-17-9-16(12-26)24(34)32(22(17)30-25)20-5-3-4-6-20/h7-9,11,13,19-20H,3-6,10,14H2,1-2H3,(H,28,33)(H,27,29,30). The number of pyridine rings is 1. The number of benzene rings is 1. The van der Waals surface area contributed by atoms with Gasteiger partial charge in [-0.3, -0.25) is 14.2 Å². The number of carbonyl (C=O) groups is 1. The van der Waals surface area contributed by atoms with Gasteiger partial charge in [0.1, 0.15) is 17.3 Å². The summed E-state index contributed by atoms with van der Waals surface area (Å²) in [7, 11) is 3.98. The van der Waals surface area contributed by atoms with Gasteiger partial charge >= 0.3 is 0 Å². The number of likely N-dealkylation sites (N-methyl/N-ethyl adjacent to an activating group) is 1. The Kier molecular flexibility index (Phi) is 5.75. The van der Waals surface area contributed by atoms with E-state index in [1.54, 1.807) is 16.8 Å². The SMILES string of the molecule is CN(C)CC1Cc2ccc(Nc3ncc4cc(C#N)c(=O)n(C5CCCC5)c4n3)cc2C(=O)N1. The highest BCUT2D eigenvalue weighted by Crippen LogP contribution is 2.31. The lowest BCUT2D eigenvalue weighted by molar-refractivity contribution is 0.0917. The van der Waals surface area contributed by atoms with Crippen LogP contribution in [0.4, 0.5) is 11.6 Å². The van der Waals surface area contributed by atoms with Gasteiger partial charge in [0.2, 0.25) is 5.95 Å². The van der Waals surface area contributed by atoms with Crippen molar-refractivity contribution in [3.05, 3.63) is 57.5 Å². The first kappa shape index (κ1) is 22.0. The van der Waals surface area contributed by atoms with Crippen molar-refractivity contribution in [3.8, 4) is 6.07 Å². The van der Waals surface area contributed by atoms with E-state index < -0.39 is 0 Å². The Morgan fingerprint density at radius 1 is 1.24 bits per heavy atom. The quantitative estimate of drug-likeness (QED) is 0.605. The Morgan fingerprint density at radius 3 is 2.76 bits per heavy atom. The Hall–Kier alpha value is -3.77. The molecule has 0 spiro atoms. The van der Waals surface area contributed by atoms with E-state index in [2.05, 4.69) is 25.5 Å². The summed E-state index contributed by atoms with van der Waals surface area (Å²) in [4.78, 5) is 36.8. The van der Waals surface area contributed by atoms with Crippen LogP contribution >= 0.6 is 0 Å². The minimum absolute atomic E-state index is 0.0357. The predicted molar refractivity (Wildman–Crippen MR) is 129 cm³/mol. The molecule has 9 heteroatoms. The molecule has 1 unspecified atom stereocenters. The van der Waals surface area contributed by atoms with Crippen molar-refractivity contribution in [2.75, 3.05) is 26.0 Å². The van der Waals surface area contributed by atoms with Crippen LogP contribution in [0.15, 0.2) is 35.3 Å². The third kappa shape index (κ3) is 4.13. The zero-order valence-electron chi connectivity index (χ0n) is 19.3. The second-order valence-electron chi connectivity index (χ2n) is 9.39. The fourth-order valence-electron chi connectivity index (χ4n) is 5.06. The number of fused-ring (bicyclic) bond motifs is 2. The van der Waals surface area contributed by atoms with Crippen LogP contribution in [0.25, 0.3) is 11.0 Å². The van der Waals surface area contributed by atoms with Gasteiger partial charge in [-0.2, -0.15) is 10.2 Å². The second-order valence-corrected chi connectivity index (χ2v) is 9.39. The monoisotopic (exact) mass is 457 g/mol. The first-order valence-corrected chi connectivity index (χ1v) is 11.6. The summed E-state index contributed by atoms with van der Waals surface area (Å²) < 4.78 is 1.67. The van der Waals surface area contributed by atoms with E-state index in [1.165, 1.54) is 0 Å². The van der Waals surface area contributed by atoms with Crippen LogP contribution in [0.5, 0.6) is 0 Å². The largest absolute Gasteiger partial charge is 0.348 e. The molecule has 2 aliphatic rings. The van der Waals surface area contributed by atoms with Crippen molar-refractivity contribution >= 4 is 28.6 Å². The molecule has 1 aliphatic heterocycles. The first-order chi connectivity index (χ1) is 16.4. The van der Waals surface area contributed by atoms with Crippen LogP contribution in [-0.2, 0) is 6.42 Å². The normalized spacial score (nSPS) is 18.1. The predicted octanol–water partition coefficient (Wildman–Crippen LogP) is 2.74. The number of anilines is 2. The average Bonchev–Trinajstić information content (AvgIpc) is 3.33. The van der Waals surface area contributed by atoms with Crippen LogP contribution in [0.3, 0.4) is 0 Å². The maximum Gasteiger partial charge on any atom is 0.270 e. The van der Waals surface area contributed by atoms with E-state index in [4.69, 9.17) is 0 Å². The molecule has 34 heavy (non-hydrogen) atoms. The van der Waals surface area contributed by atoms with Crippen molar-refractivity contribution in [3.63, 3.8) is 0 Å². The first-order valence-electron chi connectivity index (χ1n) is 11.6. The third-order valence-electron chi connectivity index (χ3n) is 6.58. The topological polar surface area (TPSA) is 116 Å². The van der Waals surface area contributed by atoms with E-state index >= 15 is 0 Å². The number of carbonyl (C=O) groups excluding carboxylic acids is 1. The minimum atomic E-state index is -0.302. The number of rotatable bonds is 5. The lowest BCUT2D eigenvalue weighted by atomic mass is 9.94. The molecule has 2 N–H and O–H groups in total. The third-order valence-corrected chi connectivity index (χ3v) is 6.58. The maximum atomic E-state index is 13.0. The van der Waals surface area contributed by atoms with Gasteiger partial charge in [-0.25, -0.2) is 4.98 Å². The summed E-state index contributed by atoms with van der Waals surface area (Å²) in [5, 5.41) is 16.3. The molecule has 1 fully saturated rings. The summed E-state index contributed by atoms with van der Waals surface area (Å²) in [6, 6.07) is 9.38. The molecule has 2 aromatic heterocycles. The molecule has 1 atom stereocenters. The molecule has 1 saturated carbocycles. The number of aromatic nitrogens is 3. The van der Waals surface area contributed by atoms with Gasteiger partial charge < -0.3 is 15.5 Å². The minimum Gasteiger partial charge on any atom is -0.348 e. The Morgan fingerprint density at radius 2 is 2.03 bits per heavy atom. The molecule has 1 aliphatic carbocycles. The van der Waals surface area contributed by atoms with Gasteiger partial charge in [0.15, 0.2) is 0 Å². The molecule has 1 aromatic carbocycles. The van der Waals surface area contributed by atoms with Gasteiger partial charge in [-0.05, 0) is 57.1 Å². The summed E-state index contributed by atoms with van der Waals surface area (Å²) >= 11 is 0. The Bertz CT molecular complexity index is 1370. The molecule has 0 saturated heterocycles. The summed E-state index contributed by atoms with van der Waals surface area (Å²) in [5.41, 5.74) is 2.68. The summed E-state index contributed by atoms with van der Waals surface area (Å²) in [6.07, 6.45) is 6.31. The highest BCUT2D eigenvalue weighted by Gasteiger charge is 2.25. The van der Waals surface area contributed by atoms with E-state index in [0.29, 0.717) is 28.2 Å². The molecule has 174 valence electrons. The molecule has 0 bridgehead atoms. The molecule has 3 heterocycles. The smallest absolute Gasteiger partial charge is 0.270 e. The molecule has 9 nitrogen and oxygen atoms in total. The Balaban J connectivity index is 1.48. The van der Waals surface area contributed by atoms with Crippen molar-refractivity contribution in [1.82, 2.24) is 24.8 Å². The van der Waals surface area contributed by atoms with Gasteiger partial charge in [0, 0.05) is 41.5 Å². The van der Waals surface area contributed by atoms with Crippen molar-refractivity contribution in [1.29, 1.82) is 5.26 Å². The number of hydrogen-bond donors (Lipinski definition) is 2. The summed E-state index contributed by atoms with van der Waals surface area (Å²) in [6.45, 7) is 0.784. The van der Waals surface area contributed by atoms with Crippen LogP contribution in [0.2, 0.25) is 0 Å². The van der Waals surface area contributed by atoms with E-state index in [9.17, 15) is 14.9 Å². The number of hydrogen-bond acceptors (Lipinski definition) is 7. The average molecular weight is 458 g/mol. The van der Waals surface area contributed by atoms with Crippen molar-refractivity contribution < 1.29 is 4.79 Å². The van der Waals surface area contributed by atoms with Crippen LogP contribution in [0.1, 0.15) is 53.2 Å². The van der Waals surface area contributed by atoms with E-state index in [-0.39, 0.29) is 29.1 Å². The van der Waals surface area contributed by atoms with Gasteiger partial charge in [-0.1, -0.05) is 18.9 Å². The highest BCUT2D eigenvalue weighted by atomic mass is 16.2. The van der Waals surface area contributed by atoms with Crippen LogP contribution in [0, 0.1) is 11.3 Å². The zero-order chi connectivity index (χ0) is 23.8. The molecule has 5 rings (SSSR count). The highest BCUT2D eigenvalue weighted by molar-refractivity contribution is 5.98. The lowest BCUT2D eigenvalue weighted by Gasteiger charge is -2.28. The van der Waals surface area contributed by atoms with Crippen molar-refractivity contribution in [2.24, 2.45) is 0 Å². The zero-order valence-corrected chi connectivity index (χ0v) is 19.3. The Labute approximate surface area is 197 Å². The van der Waals surface area contributed by atoms with Crippen molar-refractivity contribution in [2.45, 2.75) is 44.2 Å². The second kappa shape index (κ2) is 8.88. The summed E-state index contributed by atoms with van der Waals surface area (Å²) in [5.74, 6) is 0.250. The molecule has 3 aromatic rings. The fraction of sp³-hybridized carbons (Fsp3) is 0.400. The molecule has 0 radical (unpaired) electrons. The number of nitriles is 1. The van der Waals surface area contributed by atoms with Gasteiger partial charge in [-0.15, -0.1) is 0 Å². The number of amides is 1.